The summed E-state index contributed by atoms with van der Waals surface area (Å²) in [6.07, 6.45) is 3.05. The monoisotopic (exact) mass is 240 g/mol. The lowest BCUT2D eigenvalue weighted by Gasteiger charge is -2.12. The number of aliphatic hydroxyl groups excluding tert-OH is 1. The molecule has 0 radical (unpaired) electrons. The van der Waals surface area contributed by atoms with Crippen molar-refractivity contribution in [2.75, 3.05) is 12.3 Å². The first kappa shape index (κ1) is 13.5. The van der Waals surface area contributed by atoms with E-state index in [0.29, 0.717) is 18.7 Å². The zero-order chi connectivity index (χ0) is 12.8. The fraction of sp³-hybridized carbons (Fsp3) is 0.636. The molecular formula is C11H20N4O2. The number of hydrogen-bond donors (Lipinski definition) is 3. The third-order valence-corrected chi connectivity index (χ3v) is 2.50. The van der Waals surface area contributed by atoms with E-state index in [9.17, 15) is 4.79 Å². The number of anilines is 1. The maximum atomic E-state index is 11.8. The average molecular weight is 240 g/mol. The Morgan fingerprint density at radius 2 is 2.41 bits per heavy atom. The molecule has 1 aromatic heterocycles. The summed E-state index contributed by atoms with van der Waals surface area (Å²) in [5.41, 5.74) is 6.36. The van der Waals surface area contributed by atoms with Crippen LogP contribution in [0.3, 0.4) is 0 Å². The molecule has 0 aromatic carbocycles. The predicted octanol–water partition coefficient (Wildman–Crippen LogP) is 0.376. The topological polar surface area (TPSA) is 93.2 Å². The van der Waals surface area contributed by atoms with Gasteiger partial charge in [0.2, 0.25) is 0 Å². The fourth-order valence-electron chi connectivity index (χ4n) is 1.54. The van der Waals surface area contributed by atoms with Crippen molar-refractivity contribution >= 4 is 11.6 Å². The average Bonchev–Trinajstić information content (AvgIpc) is 2.68. The van der Waals surface area contributed by atoms with E-state index >= 15 is 0 Å². The normalized spacial score (nSPS) is 12.4. The number of nitrogen functional groups attached to an aromatic ring is 1. The molecule has 0 fully saturated rings. The highest BCUT2D eigenvalue weighted by Gasteiger charge is 2.16. The van der Waals surface area contributed by atoms with Crippen molar-refractivity contribution in [2.45, 2.75) is 39.3 Å². The Labute approximate surface area is 101 Å². The summed E-state index contributed by atoms with van der Waals surface area (Å²) in [6, 6.07) is 0.000765. The molecule has 0 saturated carbocycles. The van der Waals surface area contributed by atoms with Crippen LogP contribution in [0.15, 0.2) is 6.20 Å². The molecule has 1 aromatic rings. The third kappa shape index (κ3) is 3.74. The van der Waals surface area contributed by atoms with E-state index in [1.165, 1.54) is 0 Å². The molecule has 1 amide bonds. The molecule has 96 valence electrons. The Balaban J connectivity index is 2.59. The van der Waals surface area contributed by atoms with E-state index in [4.69, 9.17) is 10.8 Å². The number of carbonyl (C=O) groups is 1. The quantitative estimate of drug-likeness (QED) is 0.670. The number of aliphatic hydroxyl groups is 1. The molecule has 0 bridgehead atoms. The largest absolute Gasteiger partial charge is 0.396 e. The lowest BCUT2D eigenvalue weighted by atomic mass is 10.2. The maximum absolute atomic E-state index is 11.8. The number of aryl methyl sites for hydroxylation is 1. The first-order chi connectivity index (χ1) is 8.08. The Hall–Kier alpha value is -1.56. The van der Waals surface area contributed by atoms with Crippen LogP contribution in [0.5, 0.6) is 0 Å². The second kappa shape index (κ2) is 6.24. The van der Waals surface area contributed by atoms with Gasteiger partial charge in [0.15, 0.2) is 5.69 Å². The molecule has 0 spiro atoms. The van der Waals surface area contributed by atoms with Gasteiger partial charge in [-0.15, -0.1) is 0 Å². The molecule has 4 N–H and O–H groups in total. The van der Waals surface area contributed by atoms with Crippen LogP contribution in [-0.2, 0) is 6.54 Å². The maximum Gasteiger partial charge on any atom is 0.274 e. The van der Waals surface area contributed by atoms with E-state index in [1.54, 1.807) is 10.9 Å². The molecule has 0 aliphatic rings. The Morgan fingerprint density at radius 3 is 2.94 bits per heavy atom. The van der Waals surface area contributed by atoms with Gasteiger partial charge in [0.1, 0.15) is 0 Å². The highest BCUT2D eigenvalue weighted by molar-refractivity contribution is 5.97. The second-order valence-electron chi connectivity index (χ2n) is 4.03. The van der Waals surface area contributed by atoms with Gasteiger partial charge in [0.25, 0.3) is 5.91 Å². The van der Waals surface area contributed by atoms with Gasteiger partial charge in [0.05, 0.1) is 5.69 Å². The van der Waals surface area contributed by atoms with E-state index < -0.39 is 0 Å². The van der Waals surface area contributed by atoms with Gasteiger partial charge >= 0.3 is 0 Å². The van der Waals surface area contributed by atoms with Crippen molar-refractivity contribution in [1.29, 1.82) is 0 Å². The summed E-state index contributed by atoms with van der Waals surface area (Å²) >= 11 is 0. The number of nitrogens with one attached hydrogen (secondary N) is 1. The second-order valence-corrected chi connectivity index (χ2v) is 4.03. The van der Waals surface area contributed by atoms with E-state index in [-0.39, 0.29) is 24.2 Å². The first-order valence-electron chi connectivity index (χ1n) is 5.83. The van der Waals surface area contributed by atoms with Crippen LogP contribution >= 0.6 is 0 Å². The zero-order valence-electron chi connectivity index (χ0n) is 10.3. The molecular weight excluding hydrogens is 220 g/mol. The van der Waals surface area contributed by atoms with Gasteiger partial charge in [-0.2, -0.15) is 5.10 Å². The highest BCUT2D eigenvalue weighted by atomic mass is 16.3. The number of nitrogens with zero attached hydrogens (tertiary/aromatic N) is 2. The van der Waals surface area contributed by atoms with Crippen LogP contribution in [0.2, 0.25) is 0 Å². The molecule has 17 heavy (non-hydrogen) atoms. The molecule has 6 heteroatoms. The minimum absolute atomic E-state index is 0.000765. The number of rotatable bonds is 6. The minimum atomic E-state index is -0.264. The smallest absolute Gasteiger partial charge is 0.274 e. The molecule has 1 unspecified atom stereocenters. The number of hydrogen-bond acceptors (Lipinski definition) is 4. The SMILES string of the molecule is CCn1cc(N)c(C(=O)NC(C)CCCO)n1. The van der Waals surface area contributed by atoms with Crippen LogP contribution in [0.1, 0.15) is 37.2 Å². The molecule has 1 heterocycles. The van der Waals surface area contributed by atoms with Crippen LogP contribution < -0.4 is 11.1 Å². The van der Waals surface area contributed by atoms with Crippen LogP contribution in [0.4, 0.5) is 5.69 Å². The fourth-order valence-corrected chi connectivity index (χ4v) is 1.54. The predicted molar refractivity (Wildman–Crippen MR) is 65.6 cm³/mol. The molecule has 0 saturated heterocycles. The molecule has 1 rings (SSSR count). The van der Waals surface area contributed by atoms with Crippen molar-refractivity contribution in [2.24, 2.45) is 0 Å². The first-order valence-corrected chi connectivity index (χ1v) is 5.83. The number of nitrogens with two attached hydrogens (primary N) is 1. The van der Waals surface area contributed by atoms with Gasteiger partial charge in [-0.25, -0.2) is 0 Å². The summed E-state index contributed by atoms with van der Waals surface area (Å²) < 4.78 is 1.63. The number of aromatic nitrogens is 2. The Kier molecular flexibility index (Phi) is 4.96. The highest BCUT2D eigenvalue weighted by Crippen LogP contribution is 2.09. The van der Waals surface area contributed by atoms with Crippen molar-refractivity contribution < 1.29 is 9.90 Å². The van der Waals surface area contributed by atoms with Crippen LogP contribution in [0, 0.1) is 0 Å². The van der Waals surface area contributed by atoms with Gasteiger partial charge in [-0.1, -0.05) is 0 Å². The summed E-state index contributed by atoms with van der Waals surface area (Å²) in [4.78, 5) is 11.8. The van der Waals surface area contributed by atoms with Crippen molar-refractivity contribution in [3.8, 4) is 0 Å². The van der Waals surface area contributed by atoms with Crippen molar-refractivity contribution in [3.63, 3.8) is 0 Å². The Morgan fingerprint density at radius 1 is 1.71 bits per heavy atom. The molecule has 6 nitrogen and oxygen atoms in total. The van der Waals surface area contributed by atoms with Gasteiger partial charge < -0.3 is 16.2 Å². The minimum Gasteiger partial charge on any atom is -0.396 e. The molecule has 1 atom stereocenters. The molecule has 0 aliphatic heterocycles. The van der Waals surface area contributed by atoms with Crippen LogP contribution in [-0.4, -0.2) is 33.4 Å². The van der Waals surface area contributed by atoms with E-state index in [1.807, 2.05) is 13.8 Å². The van der Waals surface area contributed by atoms with Gasteiger partial charge in [0, 0.05) is 25.4 Å². The van der Waals surface area contributed by atoms with Crippen molar-refractivity contribution in [1.82, 2.24) is 15.1 Å². The Bertz CT molecular complexity index is 376. The summed E-state index contributed by atoms with van der Waals surface area (Å²) in [6.45, 7) is 4.63. The lowest BCUT2D eigenvalue weighted by Crippen LogP contribution is -2.33. The summed E-state index contributed by atoms with van der Waals surface area (Å²) in [5, 5.41) is 15.6. The number of carbonyl (C=O) groups excluding carboxylic acids is 1. The van der Waals surface area contributed by atoms with Gasteiger partial charge in [-0.05, 0) is 26.7 Å². The van der Waals surface area contributed by atoms with Crippen LogP contribution in [0.25, 0.3) is 0 Å². The number of amides is 1. The lowest BCUT2D eigenvalue weighted by molar-refractivity contribution is 0.0931. The van der Waals surface area contributed by atoms with Gasteiger partial charge in [-0.3, -0.25) is 9.48 Å². The van der Waals surface area contributed by atoms with E-state index in [2.05, 4.69) is 10.4 Å². The van der Waals surface area contributed by atoms with E-state index in [0.717, 1.165) is 6.42 Å². The summed E-state index contributed by atoms with van der Waals surface area (Å²) in [5.74, 6) is -0.264. The molecule has 0 aliphatic carbocycles. The standard InChI is InChI=1S/C11H20N4O2/c1-3-15-7-9(12)10(14-15)11(17)13-8(2)5-4-6-16/h7-8,16H,3-6,12H2,1-2H3,(H,13,17). The summed E-state index contributed by atoms with van der Waals surface area (Å²) in [7, 11) is 0. The zero-order valence-corrected chi connectivity index (χ0v) is 10.3. The van der Waals surface area contributed by atoms with Crippen molar-refractivity contribution in [3.05, 3.63) is 11.9 Å². The third-order valence-electron chi connectivity index (χ3n) is 2.50.